The largest absolute Gasteiger partial charge is 0.368 e. The van der Waals surface area contributed by atoms with Gasteiger partial charge in [-0.05, 0) is 42.4 Å². The lowest BCUT2D eigenvalue weighted by Crippen LogP contribution is -2.34. The minimum absolute atomic E-state index is 0.0609. The van der Waals surface area contributed by atoms with Crippen molar-refractivity contribution in [2.75, 3.05) is 18.0 Å². The molecular weight excluding hydrogens is 328 g/mol. The van der Waals surface area contributed by atoms with Crippen molar-refractivity contribution >= 4 is 11.3 Å². The third-order valence-corrected chi connectivity index (χ3v) is 5.29. The Bertz CT molecular complexity index is 981. The summed E-state index contributed by atoms with van der Waals surface area (Å²) in [5.74, 6) is 0.777. The van der Waals surface area contributed by atoms with Crippen molar-refractivity contribution in [1.82, 2.24) is 24.4 Å². The summed E-state index contributed by atoms with van der Waals surface area (Å²) in [6.07, 6.45) is 5.57. The molecule has 0 spiro atoms. The van der Waals surface area contributed by atoms with E-state index in [0.717, 1.165) is 48.5 Å². The molecule has 0 aliphatic carbocycles. The minimum Gasteiger partial charge on any atom is -0.368 e. The fourth-order valence-electron chi connectivity index (χ4n) is 3.62. The van der Waals surface area contributed by atoms with Crippen LogP contribution in [0.15, 0.2) is 35.5 Å². The predicted octanol–water partition coefficient (Wildman–Crippen LogP) is 2.33. The summed E-state index contributed by atoms with van der Waals surface area (Å²) >= 11 is 0. The SMILES string of the molecule is CC(C)c1cc(N2CCC(c3ccn(C)c(=O)c3)CC2)c2nncn2n1. The van der Waals surface area contributed by atoms with Crippen molar-refractivity contribution in [3.63, 3.8) is 0 Å². The summed E-state index contributed by atoms with van der Waals surface area (Å²) in [6, 6.07) is 6.00. The van der Waals surface area contributed by atoms with E-state index in [1.54, 1.807) is 28.5 Å². The number of hydrogen-bond acceptors (Lipinski definition) is 5. The maximum atomic E-state index is 11.9. The molecule has 3 aromatic rings. The molecule has 3 aromatic heterocycles. The molecule has 7 heteroatoms. The van der Waals surface area contributed by atoms with Gasteiger partial charge in [-0.1, -0.05) is 13.8 Å². The number of hydrogen-bond donors (Lipinski definition) is 0. The van der Waals surface area contributed by atoms with E-state index < -0.39 is 0 Å². The van der Waals surface area contributed by atoms with Gasteiger partial charge in [0, 0.05) is 32.4 Å². The second kappa shape index (κ2) is 6.55. The molecule has 0 radical (unpaired) electrons. The molecule has 4 heterocycles. The van der Waals surface area contributed by atoms with Crippen molar-refractivity contribution in [2.45, 2.75) is 38.5 Å². The first kappa shape index (κ1) is 16.8. The highest BCUT2D eigenvalue weighted by Crippen LogP contribution is 2.32. The van der Waals surface area contributed by atoms with Crippen LogP contribution in [0.25, 0.3) is 5.65 Å². The number of aryl methyl sites for hydroxylation is 1. The lowest BCUT2D eigenvalue weighted by atomic mass is 9.90. The molecular formula is C19H24N6O. The lowest BCUT2D eigenvalue weighted by molar-refractivity contribution is 0.503. The third-order valence-electron chi connectivity index (χ3n) is 5.29. The van der Waals surface area contributed by atoms with Crippen molar-refractivity contribution in [1.29, 1.82) is 0 Å². The average molecular weight is 352 g/mol. The Balaban J connectivity index is 1.58. The molecule has 26 heavy (non-hydrogen) atoms. The van der Waals surface area contributed by atoms with Gasteiger partial charge >= 0.3 is 0 Å². The van der Waals surface area contributed by atoms with Gasteiger partial charge in [0.25, 0.3) is 5.56 Å². The second-order valence-corrected chi connectivity index (χ2v) is 7.38. The van der Waals surface area contributed by atoms with Crippen molar-refractivity contribution in [2.24, 2.45) is 7.05 Å². The van der Waals surface area contributed by atoms with Crippen LogP contribution in [0.2, 0.25) is 0 Å². The quantitative estimate of drug-likeness (QED) is 0.724. The number of aromatic nitrogens is 5. The molecule has 7 nitrogen and oxygen atoms in total. The van der Waals surface area contributed by atoms with Gasteiger partial charge in [0.15, 0.2) is 0 Å². The number of pyridine rings is 1. The van der Waals surface area contributed by atoms with E-state index in [-0.39, 0.29) is 5.56 Å². The van der Waals surface area contributed by atoms with Crippen molar-refractivity contribution in [3.05, 3.63) is 52.3 Å². The maximum Gasteiger partial charge on any atom is 0.250 e. The van der Waals surface area contributed by atoms with Gasteiger partial charge in [-0.2, -0.15) is 9.61 Å². The molecule has 0 unspecified atom stereocenters. The molecule has 1 fully saturated rings. The van der Waals surface area contributed by atoms with Crippen molar-refractivity contribution < 1.29 is 0 Å². The van der Waals surface area contributed by atoms with Gasteiger partial charge in [0.2, 0.25) is 5.65 Å². The number of nitrogens with zero attached hydrogens (tertiary/aromatic N) is 6. The molecule has 0 N–H and O–H groups in total. The fraction of sp³-hybridized carbons (Fsp3) is 0.474. The number of anilines is 1. The van der Waals surface area contributed by atoms with Gasteiger partial charge in [-0.3, -0.25) is 4.79 Å². The summed E-state index contributed by atoms with van der Waals surface area (Å²) in [7, 11) is 1.79. The Morgan fingerprint density at radius 3 is 2.65 bits per heavy atom. The van der Waals surface area contributed by atoms with E-state index in [9.17, 15) is 4.79 Å². The second-order valence-electron chi connectivity index (χ2n) is 7.38. The summed E-state index contributed by atoms with van der Waals surface area (Å²) in [6.45, 7) is 6.16. The Kier molecular flexibility index (Phi) is 4.22. The van der Waals surface area contributed by atoms with Gasteiger partial charge < -0.3 is 9.47 Å². The maximum absolute atomic E-state index is 11.9. The summed E-state index contributed by atoms with van der Waals surface area (Å²) < 4.78 is 3.39. The summed E-state index contributed by atoms with van der Waals surface area (Å²) in [4.78, 5) is 14.3. The van der Waals surface area contributed by atoms with Gasteiger partial charge in [0.1, 0.15) is 6.33 Å². The molecule has 0 saturated carbocycles. The Morgan fingerprint density at radius 2 is 1.96 bits per heavy atom. The van der Waals surface area contributed by atoms with Crippen LogP contribution in [0.1, 0.15) is 49.8 Å². The monoisotopic (exact) mass is 352 g/mol. The van der Waals surface area contributed by atoms with Crippen LogP contribution in [0.3, 0.4) is 0 Å². The van der Waals surface area contributed by atoms with E-state index in [1.165, 1.54) is 0 Å². The van der Waals surface area contributed by atoms with E-state index in [0.29, 0.717) is 11.8 Å². The first-order valence-electron chi connectivity index (χ1n) is 9.15. The zero-order valence-corrected chi connectivity index (χ0v) is 15.5. The Morgan fingerprint density at radius 1 is 1.19 bits per heavy atom. The number of rotatable bonds is 3. The molecule has 4 rings (SSSR count). The average Bonchev–Trinajstić information content (AvgIpc) is 3.12. The molecule has 1 aliphatic heterocycles. The highest BCUT2D eigenvalue weighted by molar-refractivity contribution is 5.68. The van der Waals surface area contributed by atoms with Crippen molar-refractivity contribution in [3.8, 4) is 0 Å². The standard InChI is InChI=1S/C19H24N6O/c1-13(2)16-11-17(19-21-20-12-25(19)22-16)24-8-5-14(6-9-24)15-4-7-23(3)18(26)10-15/h4,7,10-14H,5-6,8-9H2,1-3H3. The minimum atomic E-state index is 0.0609. The number of piperidine rings is 1. The van der Waals surface area contributed by atoms with Crippen LogP contribution in [-0.2, 0) is 7.05 Å². The molecule has 0 bridgehead atoms. The summed E-state index contributed by atoms with van der Waals surface area (Å²) in [5, 5.41) is 12.9. The zero-order chi connectivity index (χ0) is 18.3. The van der Waals surface area contributed by atoms with Crippen LogP contribution in [0.4, 0.5) is 5.69 Å². The molecule has 1 saturated heterocycles. The lowest BCUT2D eigenvalue weighted by Gasteiger charge is -2.34. The highest BCUT2D eigenvalue weighted by atomic mass is 16.1. The van der Waals surface area contributed by atoms with Crippen LogP contribution >= 0.6 is 0 Å². The summed E-state index contributed by atoms with van der Waals surface area (Å²) in [5.41, 5.74) is 4.16. The molecule has 0 atom stereocenters. The van der Waals surface area contributed by atoms with Gasteiger partial charge in [-0.25, -0.2) is 0 Å². The molecule has 0 amide bonds. The van der Waals surface area contributed by atoms with E-state index in [1.807, 2.05) is 6.20 Å². The first-order valence-corrected chi connectivity index (χ1v) is 9.15. The molecule has 136 valence electrons. The van der Waals surface area contributed by atoms with Crippen LogP contribution in [0.5, 0.6) is 0 Å². The van der Waals surface area contributed by atoms with E-state index in [4.69, 9.17) is 0 Å². The zero-order valence-electron chi connectivity index (χ0n) is 15.5. The van der Waals surface area contributed by atoms with E-state index in [2.05, 4.69) is 46.2 Å². The number of fused-ring (bicyclic) bond motifs is 1. The molecule has 1 aliphatic rings. The highest BCUT2D eigenvalue weighted by Gasteiger charge is 2.24. The van der Waals surface area contributed by atoms with Gasteiger partial charge in [-0.15, -0.1) is 10.2 Å². The van der Waals surface area contributed by atoms with E-state index >= 15 is 0 Å². The van der Waals surface area contributed by atoms with Crippen LogP contribution < -0.4 is 10.5 Å². The van der Waals surface area contributed by atoms with Crippen LogP contribution in [-0.4, -0.2) is 37.5 Å². The normalized spacial score (nSPS) is 15.9. The van der Waals surface area contributed by atoms with Gasteiger partial charge in [0.05, 0.1) is 11.4 Å². The van der Waals surface area contributed by atoms with Crippen LogP contribution in [0, 0.1) is 0 Å². The Hall–Kier alpha value is -2.70. The smallest absolute Gasteiger partial charge is 0.250 e. The topological polar surface area (TPSA) is 68.3 Å². The third kappa shape index (κ3) is 2.98. The fourth-order valence-corrected chi connectivity index (χ4v) is 3.62. The Labute approximate surface area is 152 Å². The first-order chi connectivity index (χ1) is 12.5. The molecule has 0 aromatic carbocycles. The predicted molar refractivity (Wildman–Crippen MR) is 101 cm³/mol.